The molecule has 9 nitrogen and oxygen atoms in total. The maximum absolute atomic E-state index is 8.55. The van der Waals surface area contributed by atoms with E-state index in [9.17, 15) is 0 Å². The normalized spacial score (nSPS) is 8.89. The summed E-state index contributed by atoms with van der Waals surface area (Å²) in [6.45, 7) is 6.39. The molecule has 0 aliphatic heterocycles. The molecule has 0 amide bonds. The maximum atomic E-state index is 8.55. The van der Waals surface area contributed by atoms with Crippen molar-refractivity contribution in [2.24, 2.45) is 0 Å². The zero-order chi connectivity index (χ0) is 13.1. The zero-order valence-electron chi connectivity index (χ0n) is 9.02. The maximum Gasteiger partial charge on any atom is 2.00 e. The van der Waals surface area contributed by atoms with Crippen LogP contribution in [0.4, 0.5) is 0 Å². The van der Waals surface area contributed by atoms with Crippen LogP contribution in [-0.2, 0) is 72.3 Å². The van der Waals surface area contributed by atoms with E-state index in [1.807, 2.05) is 0 Å². The van der Waals surface area contributed by atoms with E-state index < -0.39 is 15.6 Å². The third-order valence-electron chi connectivity index (χ3n) is 0.500. The Morgan fingerprint density at radius 3 is 0.833 bits per heavy atom. The van der Waals surface area contributed by atoms with Crippen molar-refractivity contribution in [3.8, 4) is 0 Å². The van der Waals surface area contributed by atoms with Gasteiger partial charge in [0.05, 0.1) is 0 Å². The molecule has 14 heteroatoms. The second kappa shape index (κ2) is 21.5. The van der Waals surface area contributed by atoms with E-state index in [0.717, 1.165) is 13.1 Å². The second-order valence-corrected chi connectivity index (χ2v) is 3.64. The van der Waals surface area contributed by atoms with Gasteiger partial charge in [-0.1, -0.05) is 13.8 Å². The summed E-state index contributed by atoms with van der Waals surface area (Å²) < 4.78 is 17.1. The van der Waals surface area contributed by atoms with Crippen molar-refractivity contribution in [3.63, 3.8) is 0 Å². The Morgan fingerprint density at radius 2 is 0.833 bits per heavy atom. The van der Waals surface area contributed by atoms with E-state index in [2.05, 4.69) is 19.2 Å². The van der Waals surface area contributed by atoms with Crippen LogP contribution in [0, 0.1) is 0 Å². The quantitative estimate of drug-likeness (QED) is 0.266. The van der Waals surface area contributed by atoms with Gasteiger partial charge in [0.25, 0.3) is 0 Å². The number of hydrogen-bond acceptors (Lipinski definition) is 9. The first-order valence-electron chi connectivity index (χ1n) is 3.58. The molecule has 0 saturated heterocycles. The SMILES string of the molecule is CCNCC.O=P([O-])([O-])[O-].O=P([O-])([O-])[O-].[Pt+2].[Pt+2].[Pt+2]. The van der Waals surface area contributed by atoms with Crippen LogP contribution in [0.2, 0.25) is 0 Å². The first kappa shape index (κ1) is 37.0. The Hall–Kier alpha value is 2.24. The van der Waals surface area contributed by atoms with Crippen molar-refractivity contribution in [2.45, 2.75) is 13.8 Å². The molecule has 0 radical (unpaired) electrons. The average molecular weight is 848 g/mol. The van der Waals surface area contributed by atoms with E-state index in [4.69, 9.17) is 38.5 Å². The van der Waals surface area contributed by atoms with Gasteiger partial charge in [0.15, 0.2) is 0 Å². The predicted octanol–water partition coefficient (Wildman–Crippen LogP) is -5.04. The Labute approximate surface area is 148 Å². The summed E-state index contributed by atoms with van der Waals surface area (Å²) in [7, 11) is -10.8. The topological polar surface area (TPSA) is 185 Å². The molecule has 0 aliphatic rings. The first-order valence-corrected chi connectivity index (χ1v) is 6.50. The summed E-state index contributed by atoms with van der Waals surface area (Å²) in [6.07, 6.45) is 0. The molecule has 0 rings (SSSR count). The molecule has 18 heavy (non-hydrogen) atoms. The van der Waals surface area contributed by atoms with Gasteiger partial charge < -0.3 is 43.8 Å². The van der Waals surface area contributed by atoms with Gasteiger partial charge in [-0.25, -0.2) is 0 Å². The smallest absolute Gasteiger partial charge is 0.822 e. The number of hydrogen-bond donors (Lipinski definition) is 1. The van der Waals surface area contributed by atoms with Crippen LogP contribution >= 0.6 is 15.6 Å². The Morgan fingerprint density at radius 1 is 0.722 bits per heavy atom. The van der Waals surface area contributed by atoms with Crippen molar-refractivity contribution in [3.05, 3.63) is 0 Å². The van der Waals surface area contributed by atoms with Gasteiger partial charge in [-0.05, 0) is 13.1 Å². The van der Waals surface area contributed by atoms with E-state index in [-0.39, 0.29) is 63.2 Å². The molecular formula is C4H11NO8P2Pt3. The Kier molecular flexibility index (Phi) is 44.2. The van der Waals surface area contributed by atoms with Crippen molar-refractivity contribution in [2.75, 3.05) is 13.1 Å². The first-order chi connectivity index (χ1) is 6.41. The van der Waals surface area contributed by atoms with Gasteiger partial charge in [-0.3, -0.25) is 0 Å². The van der Waals surface area contributed by atoms with Crippen LogP contribution in [0.3, 0.4) is 0 Å². The Bertz CT molecular complexity index is 182. The minimum Gasteiger partial charge on any atom is -0.822 e. The molecule has 0 atom stereocenters. The van der Waals surface area contributed by atoms with Crippen LogP contribution in [0.1, 0.15) is 13.8 Å². The predicted molar refractivity (Wildman–Crippen MR) is 39.4 cm³/mol. The van der Waals surface area contributed by atoms with Crippen LogP contribution < -0.4 is 34.7 Å². The minimum absolute atomic E-state index is 0. The summed E-state index contributed by atoms with van der Waals surface area (Å²) in [5.74, 6) is 0. The fraction of sp³-hybridized carbons (Fsp3) is 1.00. The van der Waals surface area contributed by atoms with Gasteiger partial charge in [0, 0.05) is 0 Å². The summed E-state index contributed by atoms with van der Waals surface area (Å²) in [6, 6.07) is 0. The number of nitrogens with one attached hydrogen (secondary N) is 1. The van der Waals surface area contributed by atoms with E-state index in [1.54, 1.807) is 0 Å². The molecule has 0 heterocycles. The van der Waals surface area contributed by atoms with Gasteiger partial charge in [-0.15, -0.1) is 0 Å². The van der Waals surface area contributed by atoms with Crippen LogP contribution in [0.25, 0.3) is 0 Å². The molecule has 0 aliphatic carbocycles. The number of rotatable bonds is 2. The fourth-order valence-corrected chi connectivity index (χ4v) is 0.250. The average Bonchev–Trinajstić information content (AvgIpc) is 1.80. The monoisotopic (exact) mass is 848 g/mol. The van der Waals surface area contributed by atoms with Crippen molar-refractivity contribution in [1.82, 2.24) is 5.32 Å². The van der Waals surface area contributed by atoms with Gasteiger partial charge in [0.2, 0.25) is 0 Å². The van der Waals surface area contributed by atoms with Crippen LogP contribution in [0.15, 0.2) is 0 Å². The van der Waals surface area contributed by atoms with Crippen LogP contribution in [-0.4, -0.2) is 13.1 Å². The largest absolute Gasteiger partial charge is 2.00 e. The summed E-state index contributed by atoms with van der Waals surface area (Å²) in [4.78, 5) is 51.3. The van der Waals surface area contributed by atoms with Crippen LogP contribution in [0.5, 0.6) is 0 Å². The number of phosphoric acid groups is 2. The van der Waals surface area contributed by atoms with E-state index in [1.165, 1.54) is 0 Å². The fourth-order valence-electron chi connectivity index (χ4n) is 0.250. The minimum atomic E-state index is -5.39. The molecular weight excluding hydrogens is 837 g/mol. The summed E-state index contributed by atoms with van der Waals surface area (Å²) >= 11 is 0. The standard InChI is InChI=1S/C4H11N.2H3O4P.3Pt/c1-3-5-4-2;2*1-5(2,3)4;;;/h5H,3-4H2,1-2H3;2*(H3,1,2,3,4);;;/q;;;3*+2/p-6. The molecule has 0 saturated carbocycles. The van der Waals surface area contributed by atoms with Crippen molar-refractivity contribution >= 4 is 15.6 Å². The molecule has 1 N–H and O–H groups in total. The van der Waals surface area contributed by atoms with Gasteiger partial charge >= 0.3 is 63.2 Å². The van der Waals surface area contributed by atoms with Gasteiger partial charge in [0.1, 0.15) is 0 Å². The molecule has 120 valence electrons. The molecule has 0 bridgehead atoms. The van der Waals surface area contributed by atoms with Gasteiger partial charge in [-0.2, -0.15) is 15.6 Å². The summed E-state index contributed by atoms with van der Waals surface area (Å²) in [5.41, 5.74) is 0. The zero-order valence-corrected chi connectivity index (χ0v) is 17.6. The molecule has 0 aromatic carbocycles. The molecule has 0 fully saturated rings. The van der Waals surface area contributed by atoms with Crippen molar-refractivity contribution < 1.29 is 102 Å². The molecule has 0 spiro atoms. The molecule has 0 aromatic heterocycles. The van der Waals surface area contributed by atoms with E-state index >= 15 is 0 Å². The van der Waals surface area contributed by atoms with Crippen molar-refractivity contribution in [1.29, 1.82) is 0 Å². The molecule has 0 unspecified atom stereocenters. The third-order valence-corrected chi connectivity index (χ3v) is 0.500. The summed E-state index contributed by atoms with van der Waals surface area (Å²) in [5, 5.41) is 3.11. The molecule has 0 aromatic rings. The third kappa shape index (κ3) is 301. The second-order valence-electron chi connectivity index (χ2n) is 1.85. The van der Waals surface area contributed by atoms with E-state index in [0.29, 0.717) is 0 Å². The Balaban J connectivity index is -0.0000000277.